The quantitative estimate of drug-likeness (QED) is 0.398. The smallest absolute Gasteiger partial charge is 0.490 e. The summed E-state index contributed by atoms with van der Waals surface area (Å²) >= 11 is 0. The number of aliphatic carboxylic acids is 1. The van der Waals surface area contributed by atoms with E-state index in [1.54, 1.807) is 43.5 Å². The third kappa shape index (κ3) is 7.25. The van der Waals surface area contributed by atoms with E-state index in [0.29, 0.717) is 28.6 Å². The summed E-state index contributed by atoms with van der Waals surface area (Å²) in [5, 5.41) is 19.7. The zero-order valence-corrected chi connectivity index (χ0v) is 20.2. The first-order chi connectivity index (χ1) is 18.0. The van der Waals surface area contributed by atoms with Crippen molar-refractivity contribution in [1.29, 1.82) is 0 Å². The fraction of sp³-hybridized carbons (Fsp3) is 0.222. The topological polar surface area (TPSA) is 116 Å². The minimum atomic E-state index is -5.08. The zero-order chi connectivity index (χ0) is 27.9. The first-order valence-electron chi connectivity index (χ1n) is 11.4. The molecule has 200 valence electrons. The van der Waals surface area contributed by atoms with Crippen molar-refractivity contribution in [3.63, 3.8) is 0 Å². The minimum absolute atomic E-state index is 0.182. The number of carboxylic acid groups (broad SMARTS) is 2. The van der Waals surface area contributed by atoms with Crippen molar-refractivity contribution in [3.8, 4) is 5.75 Å². The van der Waals surface area contributed by atoms with E-state index in [1.165, 1.54) is 11.6 Å². The largest absolute Gasteiger partial charge is 0.497 e. The maximum atomic E-state index is 12.5. The van der Waals surface area contributed by atoms with Crippen LogP contribution in [-0.4, -0.2) is 54.4 Å². The number of alkyl halides is 3. The van der Waals surface area contributed by atoms with Gasteiger partial charge >= 0.3 is 18.1 Å². The van der Waals surface area contributed by atoms with Crippen molar-refractivity contribution in [1.82, 2.24) is 0 Å². The fourth-order valence-electron chi connectivity index (χ4n) is 3.98. The molecule has 1 heterocycles. The predicted octanol–water partition coefficient (Wildman–Crippen LogP) is 5.27. The van der Waals surface area contributed by atoms with Crippen LogP contribution in [0.25, 0.3) is 0 Å². The van der Waals surface area contributed by atoms with Crippen LogP contribution in [0.5, 0.6) is 5.75 Å². The van der Waals surface area contributed by atoms with Gasteiger partial charge in [0.25, 0.3) is 5.91 Å². The third-order valence-electron chi connectivity index (χ3n) is 5.88. The number of aromatic carboxylic acids is 1. The monoisotopic (exact) mass is 530 g/mol. The van der Waals surface area contributed by atoms with Crippen LogP contribution in [0.1, 0.15) is 38.6 Å². The second-order valence-electron chi connectivity index (χ2n) is 8.36. The van der Waals surface area contributed by atoms with Gasteiger partial charge < -0.3 is 25.2 Å². The van der Waals surface area contributed by atoms with Crippen molar-refractivity contribution < 1.29 is 42.5 Å². The Morgan fingerprint density at radius 2 is 1.61 bits per heavy atom. The number of carbonyl (C=O) groups excluding carboxylic acids is 1. The van der Waals surface area contributed by atoms with Crippen LogP contribution in [0.15, 0.2) is 72.8 Å². The van der Waals surface area contributed by atoms with Crippen LogP contribution in [0.3, 0.4) is 0 Å². The molecule has 3 aromatic carbocycles. The minimum Gasteiger partial charge on any atom is -0.497 e. The summed E-state index contributed by atoms with van der Waals surface area (Å²) in [6, 6.07) is 22.1. The molecule has 1 aliphatic heterocycles. The van der Waals surface area contributed by atoms with Crippen molar-refractivity contribution in [2.75, 3.05) is 30.4 Å². The molecule has 1 unspecified atom stereocenters. The molecule has 8 nitrogen and oxygen atoms in total. The summed E-state index contributed by atoms with van der Waals surface area (Å²) in [5.41, 5.74) is 3.03. The highest BCUT2D eigenvalue weighted by atomic mass is 19.4. The van der Waals surface area contributed by atoms with E-state index in [-0.39, 0.29) is 11.5 Å². The average molecular weight is 530 g/mol. The Kier molecular flexibility index (Phi) is 8.95. The van der Waals surface area contributed by atoms with Gasteiger partial charge in [-0.15, -0.1) is 0 Å². The van der Waals surface area contributed by atoms with Crippen molar-refractivity contribution in [2.24, 2.45) is 0 Å². The highest BCUT2D eigenvalue weighted by Gasteiger charge is 2.38. The van der Waals surface area contributed by atoms with Gasteiger partial charge in [-0.1, -0.05) is 30.3 Å². The average Bonchev–Trinajstić information content (AvgIpc) is 3.39. The van der Waals surface area contributed by atoms with Gasteiger partial charge in [-0.2, -0.15) is 13.2 Å². The third-order valence-corrected chi connectivity index (χ3v) is 5.88. The maximum Gasteiger partial charge on any atom is 0.490 e. The van der Waals surface area contributed by atoms with Crippen molar-refractivity contribution >= 4 is 29.2 Å². The van der Waals surface area contributed by atoms with E-state index >= 15 is 0 Å². The number of benzene rings is 3. The molecule has 1 saturated heterocycles. The second-order valence-corrected chi connectivity index (χ2v) is 8.36. The molecule has 4 rings (SSSR count). The molecule has 0 aromatic heterocycles. The number of anilines is 2. The lowest BCUT2D eigenvalue weighted by molar-refractivity contribution is -0.192. The van der Waals surface area contributed by atoms with Crippen LogP contribution >= 0.6 is 0 Å². The number of carbonyl (C=O) groups is 3. The summed E-state index contributed by atoms with van der Waals surface area (Å²) < 4.78 is 36.8. The summed E-state index contributed by atoms with van der Waals surface area (Å²) in [6.07, 6.45) is -4.11. The van der Waals surface area contributed by atoms with Crippen LogP contribution in [0.2, 0.25) is 0 Å². The summed E-state index contributed by atoms with van der Waals surface area (Å²) in [4.78, 5) is 35.5. The Bertz CT molecular complexity index is 1280. The van der Waals surface area contributed by atoms with Crippen LogP contribution in [-0.2, 0) is 4.79 Å². The molecule has 0 aliphatic carbocycles. The van der Waals surface area contributed by atoms with Crippen LogP contribution in [0, 0.1) is 0 Å². The Balaban J connectivity index is 0.000000505. The van der Waals surface area contributed by atoms with Gasteiger partial charge in [0.15, 0.2) is 0 Å². The molecular formula is C27H25F3N2O6. The predicted molar refractivity (Wildman–Crippen MR) is 134 cm³/mol. The van der Waals surface area contributed by atoms with Gasteiger partial charge in [-0.25, -0.2) is 9.59 Å². The van der Waals surface area contributed by atoms with Crippen molar-refractivity contribution in [2.45, 2.75) is 18.5 Å². The van der Waals surface area contributed by atoms with Gasteiger partial charge in [0.2, 0.25) is 0 Å². The highest BCUT2D eigenvalue weighted by Crippen LogP contribution is 2.33. The SMILES string of the molecule is COc1ccc(C(=O)Nc2ccc(N3CCC(c4ccccc4)C3)c(C(=O)O)c2)cc1.O=C(O)C(F)(F)F. The molecule has 0 radical (unpaired) electrons. The lowest BCUT2D eigenvalue weighted by Crippen LogP contribution is -2.22. The maximum absolute atomic E-state index is 12.5. The zero-order valence-electron chi connectivity index (χ0n) is 20.2. The summed E-state index contributed by atoms with van der Waals surface area (Å²) in [6.45, 7) is 1.55. The summed E-state index contributed by atoms with van der Waals surface area (Å²) in [5.74, 6) is -3.05. The molecule has 1 atom stereocenters. The number of rotatable bonds is 6. The normalized spacial score (nSPS) is 14.7. The molecule has 3 aromatic rings. The highest BCUT2D eigenvalue weighted by molar-refractivity contribution is 6.05. The van der Waals surface area contributed by atoms with Crippen LogP contribution in [0.4, 0.5) is 24.5 Å². The van der Waals surface area contributed by atoms with E-state index in [4.69, 9.17) is 14.6 Å². The van der Waals surface area contributed by atoms with E-state index < -0.39 is 18.1 Å². The summed E-state index contributed by atoms with van der Waals surface area (Å²) in [7, 11) is 1.56. The number of hydrogen-bond donors (Lipinski definition) is 3. The standard InChI is InChI=1S/C25H24N2O4.C2HF3O2/c1-31-21-10-7-18(8-11-21)24(28)26-20-9-12-23(22(15-20)25(29)30)27-14-13-19(16-27)17-5-3-2-4-6-17;3-2(4,5)1(6)7/h2-12,15,19H,13-14,16H2,1H3,(H,26,28)(H,29,30);(H,6,7). The molecule has 1 aliphatic rings. The molecule has 1 fully saturated rings. The van der Waals surface area contributed by atoms with E-state index in [9.17, 15) is 27.9 Å². The lowest BCUT2D eigenvalue weighted by Gasteiger charge is -2.21. The van der Waals surface area contributed by atoms with E-state index in [2.05, 4.69) is 22.3 Å². The number of amides is 1. The molecule has 0 saturated carbocycles. The van der Waals surface area contributed by atoms with Gasteiger partial charge in [0.1, 0.15) is 5.75 Å². The molecule has 1 amide bonds. The Labute approximate surface area is 216 Å². The van der Waals surface area contributed by atoms with Crippen LogP contribution < -0.4 is 15.0 Å². The number of methoxy groups -OCH3 is 1. The van der Waals surface area contributed by atoms with Gasteiger partial charge in [-0.05, 0) is 54.4 Å². The Hall–Kier alpha value is -4.54. The number of hydrogen-bond acceptors (Lipinski definition) is 5. The van der Waals surface area contributed by atoms with Gasteiger partial charge in [0, 0.05) is 30.3 Å². The van der Waals surface area contributed by atoms with Gasteiger partial charge in [-0.3, -0.25) is 4.79 Å². The molecule has 0 bridgehead atoms. The Morgan fingerprint density at radius 3 is 2.16 bits per heavy atom. The number of halogens is 3. The van der Waals surface area contributed by atoms with E-state index in [0.717, 1.165) is 19.5 Å². The first kappa shape index (κ1) is 28.0. The van der Waals surface area contributed by atoms with Crippen molar-refractivity contribution in [3.05, 3.63) is 89.5 Å². The Morgan fingerprint density at radius 1 is 0.974 bits per heavy atom. The van der Waals surface area contributed by atoms with E-state index in [1.807, 2.05) is 18.2 Å². The number of ether oxygens (including phenoxy) is 1. The van der Waals surface area contributed by atoms with Gasteiger partial charge in [0.05, 0.1) is 18.4 Å². The number of carboxylic acids is 2. The molecule has 0 spiro atoms. The number of nitrogens with zero attached hydrogens (tertiary/aromatic N) is 1. The molecule has 3 N–H and O–H groups in total. The lowest BCUT2D eigenvalue weighted by atomic mass is 9.99. The fourth-order valence-corrected chi connectivity index (χ4v) is 3.98. The molecule has 38 heavy (non-hydrogen) atoms. The first-order valence-corrected chi connectivity index (χ1v) is 11.4. The number of nitrogens with one attached hydrogen (secondary N) is 1. The molecular weight excluding hydrogens is 505 g/mol. The molecule has 11 heteroatoms. The second kappa shape index (κ2) is 12.1.